The van der Waals surface area contributed by atoms with Crippen molar-refractivity contribution in [3.05, 3.63) is 26.9 Å². The van der Waals surface area contributed by atoms with E-state index in [-0.39, 0.29) is 11.6 Å². The van der Waals surface area contributed by atoms with Crippen LogP contribution in [-0.4, -0.2) is 29.3 Å². The van der Waals surface area contributed by atoms with E-state index >= 15 is 0 Å². The van der Waals surface area contributed by atoms with Crippen LogP contribution in [0.1, 0.15) is 12.8 Å². The van der Waals surface area contributed by atoms with Gasteiger partial charge in [-0.3, -0.25) is 10.1 Å². The first-order chi connectivity index (χ1) is 8.61. The third-order valence-corrected chi connectivity index (χ3v) is 3.48. The van der Waals surface area contributed by atoms with E-state index in [4.69, 9.17) is 0 Å². The topological polar surface area (TPSA) is 76.3 Å². The van der Waals surface area contributed by atoms with Crippen LogP contribution < -0.4 is 4.90 Å². The number of aldehydes is 1. The van der Waals surface area contributed by atoms with Crippen LogP contribution in [0.25, 0.3) is 0 Å². The molecule has 0 radical (unpaired) electrons. The Kier molecular flexibility index (Phi) is 3.90. The minimum atomic E-state index is -0.432. The van der Waals surface area contributed by atoms with Crippen LogP contribution in [0.3, 0.4) is 0 Å². The number of hydrogen-bond donors (Lipinski definition) is 0. The number of nitro groups is 1. The summed E-state index contributed by atoms with van der Waals surface area (Å²) in [7, 11) is 0. The van der Waals surface area contributed by atoms with Gasteiger partial charge in [-0.2, -0.15) is 0 Å². The third kappa shape index (κ3) is 2.66. The van der Waals surface area contributed by atoms with Gasteiger partial charge in [-0.25, -0.2) is 4.98 Å². The molecule has 7 heteroatoms. The zero-order valence-corrected chi connectivity index (χ0v) is 11.2. The molecule has 0 unspecified atom stereocenters. The Labute approximate surface area is 112 Å². The number of rotatable bonds is 3. The van der Waals surface area contributed by atoms with Gasteiger partial charge in [0.25, 0.3) is 0 Å². The molecule has 1 saturated heterocycles. The van der Waals surface area contributed by atoms with Crippen LogP contribution in [0.5, 0.6) is 0 Å². The van der Waals surface area contributed by atoms with Crippen molar-refractivity contribution in [3.63, 3.8) is 0 Å². The maximum Gasteiger partial charge on any atom is 0.312 e. The molecule has 0 bridgehead atoms. The van der Waals surface area contributed by atoms with Crippen LogP contribution in [0.2, 0.25) is 0 Å². The number of aromatic nitrogens is 1. The van der Waals surface area contributed by atoms with Gasteiger partial charge in [0, 0.05) is 35.7 Å². The van der Waals surface area contributed by atoms with Gasteiger partial charge in [0.05, 0.1) is 4.92 Å². The Hall–Kier alpha value is -1.50. The van der Waals surface area contributed by atoms with Crippen molar-refractivity contribution in [1.29, 1.82) is 0 Å². The number of piperidine rings is 1. The Bertz CT molecular complexity index is 473. The van der Waals surface area contributed by atoms with Gasteiger partial charge in [-0.05, 0) is 28.8 Å². The summed E-state index contributed by atoms with van der Waals surface area (Å²) >= 11 is 3.18. The molecule has 0 amide bonds. The molecule has 0 aromatic carbocycles. The number of carbonyl (C=O) groups is 1. The first kappa shape index (κ1) is 12.9. The average molecular weight is 314 g/mol. The third-order valence-electron chi connectivity index (χ3n) is 3.04. The van der Waals surface area contributed by atoms with Crippen LogP contribution in [-0.2, 0) is 4.79 Å². The molecule has 1 aromatic heterocycles. The fourth-order valence-electron chi connectivity index (χ4n) is 2.05. The van der Waals surface area contributed by atoms with E-state index in [1.807, 2.05) is 4.90 Å². The van der Waals surface area contributed by atoms with Crippen LogP contribution in [0.15, 0.2) is 16.7 Å². The fourth-order valence-corrected chi connectivity index (χ4v) is 2.37. The Morgan fingerprint density at radius 1 is 1.50 bits per heavy atom. The van der Waals surface area contributed by atoms with Crippen molar-refractivity contribution in [2.75, 3.05) is 18.0 Å². The predicted octanol–water partition coefficient (Wildman–Crippen LogP) is 2.17. The molecule has 0 saturated carbocycles. The smallest absolute Gasteiger partial charge is 0.312 e. The summed E-state index contributed by atoms with van der Waals surface area (Å²) in [4.78, 5) is 27.2. The maximum atomic E-state index is 11.0. The highest BCUT2D eigenvalue weighted by Crippen LogP contribution is 2.30. The lowest BCUT2D eigenvalue weighted by Gasteiger charge is -2.30. The molecule has 2 rings (SSSR count). The second kappa shape index (κ2) is 5.43. The highest BCUT2D eigenvalue weighted by molar-refractivity contribution is 9.10. The van der Waals surface area contributed by atoms with Crippen molar-refractivity contribution in [2.24, 2.45) is 5.92 Å². The number of hydrogen-bond acceptors (Lipinski definition) is 5. The van der Waals surface area contributed by atoms with Gasteiger partial charge < -0.3 is 9.69 Å². The van der Waals surface area contributed by atoms with Gasteiger partial charge in [-0.15, -0.1) is 0 Å². The standard InChI is InChI=1S/C11H12BrN3O3/c12-9-5-10(15(17)18)11(13-6-9)14-3-1-8(7-16)2-4-14/h5-8H,1-4H2. The molecule has 0 atom stereocenters. The van der Waals surface area contributed by atoms with Crippen molar-refractivity contribution < 1.29 is 9.72 Å². The quantitative estimate of drug-likeness (QED) is 0.485. The molecule has 1 aliphatic heterocycles. The van der Waals surface area contributed by atoms with E-state index in [9.17, 15) is 14.9 Å². The number of pyridine rings is 1. The van der Waals surface area contributed by atoms with Gasteiger partial charge in [0.1, 0.15) is 6.29 Å². The second-order valence-corrected chi connectivity index (χ2v) is 5.13. The number of carbonyl (C=O) groups excluding carboxylic acids is 1. The zero-order valence-electron chi connectivity index (χ0n) is 9.58. The van der Waals surface area contributed by atoms with E-state index in [1.165, 1.54) is 6.07 Å². The summed E-state index contributed by atoms with van der Waals surface area (Å²) < 4.78 is 0.584. The van der Waals surface area contributed by atoms with Crippen molar-refractivity contribution >= 4 is 33.7 Å². The molecule has 0 aliphatic carbocycles. The number of nitrogens with zero attached hydrogens (tertiary/aromatic N) is 3. The Morgan fingerprint density at radius 2 is 2.17 bits per heavy atom. The molecule has 18 heavy (non-hydrogen) atoms. The molecule has 0 N–H and O–H groups in total. The fraction of sp³-hybridized carbons (Fsp3) is 0.455. The SMILES string of the molecule is O=CC1CCN(c2ncc(Br)cc2[N+](=O)[O-])CC1. The monoisotopic (exact) mass is 313 g/mol. The summed E-state index contributed by atoms with van der Waals surface area (Å²) in [6.45, 7) is 1.25. The van der Waals surface area contributed by atoms with Crippen LogP contribution >= 0.6 is 15.9 Å². The lowest BCUT2D eigenvalue weighted by molar-refractivity contribution is -0.384. The maximum absolute atomic E-state index is 11.0. The van der Waals surface area contributed by atoms with Gasteiger partial charge >= 0.3 is 5.69 Å². The van der Waals surface area contributed by atoms with Gasteiger partial charge in [-0.1, -0.05) is 0 Å². The summed E-state index contributed by atoms with van der Waals surface area (Å²) in [5.74, 6) is 0.448. The Morgan fingerprint density at radius 3 is 2.72 bits per heavy atom. The molecule has 1 aliphatic rings. The van der Waals surface area contributed by atoms with Gasteiger partial charge in [0.15, 0.2) is 0 Å². The highest BCUT2D eigenvalue weighted by Gasteiger charge is 2.25. The zero-order chi connectivity index (χ0) is 13.1. The van der Waals surface area contributed by atoms with E-state index < -0.39 is 4.92 Å². The van der Waals surface area contributed by atoms with Crippen molar-refractivity contribution in [2.45, 2.75) is 12.8 Å². The highest BCUT2D eigenvalue weighted by atomic mass is 79.9. The first-order valence-corrected chi connectivity index (χ1v) is 6.41. The minimum Gasteiger partial charge on any atom is -0.351 e. The number of halogens is 1. The first-order valence-electron chi connectivity index (χ1n) is 5.62. The summed E-state index contributed by atoms with van der Waals surface area (Å²) in [6.07, 6.45) is 3.95. The molecule has 1 fully saturated rings. The summed E-state index contributed by atoms with van der Waals surface area (Å²) in [5, 5.41) is 11.0. The van der Waals surface area contributed by atoms with E-state index in [0.29, 0.717) is 23.4 Å². The molecule has 0 spiro atoms. The molecule has 6 nitrogen and oxygen atoms in total. The summed E-state index contributed by atoms with van der Waals surface area (Å²) in [6, 6.07) is 1.45. The predicted molar refractivity (Wildman–Crippen MR) is 69.6 cm³/mol. The Balaban J connectivity index is 2.23. The molecular formula is C11H12BrN3O3. The van der Waals surface area contributed by atoms with Crippen LogP contribution in [0.4, 0.5) is 11.5 Å². The lowest BCUT2D eigenvalue weighted by atomic mass is 9.98. The average Bonchev–Trinajstić information content (AvgIpc) is 2.39. The summed E-state index contributed by atoms with van der Waals surface area (Å²) in [5.41, 5.74) is -0.00562. The van der Waals surface area contributed by atoms with Crippen LogP contribution in [0, 0.1) is 16.0 Å². The molecule has 2 heterocycles. The van der Waals surface area contributed by atoms with E-state index in [1.54, 1.807) is 6.20 Å². The lowest BCUT2D eigenvalue weighted by Crippen LogP contribution is -2.35. The van der Waals surface area contributed by atoms with Crippen molar-refractivity contribution in [1.82, 2.24) is 4.98 Å². The van der Waals surface area contributed by atoms with E-state index in [0.717, 1.165) is 19.1 Å². The largest absolute Gasteiger partial charge is 0.351 e. The minimum absolute atomic E-state index is 0.00562. The van der Waals surface area contributed by atoms with Gasteiger partial charge in [0.2, 0.25) is 5.82 Å². The van der Waals surface area contributed by atoms with Crippen molar-refractivity contribution in [3.8, 4) is 0 Å². The normalized spacial score (nSPS) is 16.6. The molecule has 1 aromatic rings. The van der Waals surface area contributed by atoms with E-state index in [2.05, 4.69) is 20.9 Å². The molecule has 96 valence electrons. The molecular weight excluding hydrogens is 302 g/mol. The number of anilines is 1. The second-order valence-electron chi connectivity index (χ2n) is 4.21.